The second-order valence-electron chi connectivity index (χ2n) is 5.26. The molecule has 2 aromatic carbocycles. The van der Waals surface area contributed by atoms with Gasteiger partial charge in [0.1, 0.15) is 5.75 Å². The number of carbonyl (C=O) groups is 1. The zero-order valence-corrected chi connectivity index (χ0v) is 12.9. The van der Waals surface area contributed by atoms with Gasteiger partial charge < -0.3 is 9.84 Å². The molecule has 0 radical (unpaired) electrons. The molecule has 0 aliphatic rings. The standard InChI is InChI=1S/C17H17NO5/c1-11-3-8-16(23-2)13(9-11)10-15(17(19)20)12-4-6-14(7-5-12)18(21)22/h3-9,15H,10H2,1-2H3,(H,19,20). The summed E-state index contributed by atoms with van der Waals surface area (Å²) in [4.78, 5) is 21.8. The number of carboxylic acids is 1. The third-order valence-electron chi connectivity index (χ3n) is 3.66. The number of carboxylic acid groups (broad SMARTS) is 1. The number of nitrogens with zero attached hydrogens (tertiary/aromatic N) is 1. The average Bonchev–Trinajstić information content (AvgIpc) is 2.52. The van der Waals surface area contributed by atoms with Crippen LogP contribution in [0.2, 0.25) is 0 Å². The summed E-state index contributed by atoms with van der Waals surface area (Å²) >= 11 is 0. The van der Waals surface area contributed by atoms with Gasteiger partial charge in [0, 0.05) is 12.1 Å². The number of rotatable bonds is 6. The second-order valence-corrected chi connectivity index (χ2v) is 5.26. The van der Waals surface area contributed by atoms with Crippen LogP contribution in [-0.4, -0.2) is 23.1 Å². The lowest BCUT2D eigenvalue weighted by atomic mass is 9.91. The first kappa shape index (κ1) is 16.5. The normalized spacial score (nSPS) is 11.7. The van der Waals surface area contributed by atoms with Crippen LogP contribution in [0.1, 0.15) is 22.6 Å². The van der Waals surface area contributed by atoms with Crippen LogP contribution in [0, 0.1) is 17.0 Å². The van der Waals surface area contributed by atoms with Crippen molar-refractivity contribution in [2.75, 3.05) is 7.11 Å². The lowest BCUT2D eigenvalue weighted by Gasteiger charge is -2.15. The second kappa shape index (κ2) is 6.91. The number of benzene rings is 2. The highest BCUT2D eigenvalue weighted by Gasteiger charge is 2.22. The molecule has 0 saturated heterocycles. The summed E-state index contributed by atoms with van der Waals surface area (Å²) in [5.41, 5.74) is 2.25. The predicted molar refractivity (Wildman–Crippen MR) is 84.9 cm³/mol. The Kier molecular flexibility index (Phi) is 4.95. The van der Waals surface area contributed by atoms with Crippen LogP contribution in [0.25, 0.3) is 0 Å². The lowest BCUT2D eigenvalue weighted by molar-refractivity contribution is -0.384. The summed E-state index contributed by atoms with van der Waals surface area (Å²) in [5.74, 6) is -1.15. The van der Waals surface area contributed by atoms with Crippen LogP contribution in [0.3, 0.4) is 0 Å². The fraction of sp³-hybridized carbons (Fsp3) is 0.235. The largest absolute Gasteiger partial charge is 0.496 e. The van der Waals surface area contributed by atoms with Crippen LogP contribution in [0.5, 0.6) is 5.75 Å². The first-order chi connectivity index (χ1) is 10.9. The molecule has 120 valence electrons. The maximum atomic E-state index is 11.6. The van der Waals surface area contributed by atoms with Gasteiger partial charge in [0.25, 0.3) is 5.69 Å². The topological polar surface area (TPSA) is 89.7 Å². The van der Waals surface area contributed by atoms with Crippen LogP contribution >= 0.6 is 0 Å². The molecule has 1 atom stereocenters. The average molecular weight is 315 g/mol. The molecule has 0 fully saturated rings. The molecule has 6 nitrogen and oxygen atoms in total. The summed E-state index contributed by atoms with van der Waals surface area (Å²) in [6.07, 6.45) is 0.248. The molecule has 0 aromatic heterocycles. The molecule has 1 unspecified atom stereocenters. The van der Waals surface area contributed by atoms with Gasteiger partial charge in [0.2, 0.25) is 0 Å². The predicted octanol–water partition coefficient (Wildman–Crippen LogP) is 3.32. The van der Waals surface area contributed by atoms with E-state index in [-0.39, 0.29) is 12.1 Å². The Bertz CT molecular complexity index is 724. The van der Waals surface area contributed by atoms with Crippen LogP contribution in [0.4, 0.5) is 5.69 Å². The van der Waals surface area contributed by atoms with Crippen molar-refractivity contribution in [3.8, 4) is 5.75 Å². The molecule has 0 aliphatic heterocycles. The van der Waals surface area contributed by atoms with Gasteiger partial charge in [-0.1, -0.05) is 29.8 Å². The molecular weight excluding hydrogens is 298 g/mol. The van der Waals surface area contributed by atoms with Gasteiger partial charge >= 0.3 is 5.97 Å². The summed E-state index contributed by atoms with van der Waals surface area (Å²) < 4.78 is 5.29. The van der Waals surface area contributed by atoms with Crippen LogP contribution < -0.4 is 4.74 Å². The maximum absolute atomic E-state index is 11.6. The third kappa shape index (κ3) is 3.85. The van der Waals surface area contributed by atoms with E-state index < -0.39 is 16.8 Å². The highest BCUT2D eigenvalue weighted by molar-refractivity contribution is 5.77. The Morgan fingerprint density at radius 2 is 1.91 bits per heavy atom. The van der Waals surface area contributed by atoms with Gasteiger partial charge in [-0.3, -0.25) is 14.9 Å². The van der Waals surface area contributed by atoms with E-state index in [1.165, 1.54) is 31.4 Å². The van der Waals surface area contributed by atoms with E-state index in [1.807, 2.05) is 19.1 Å². The zero-order valence-electron chi connectivity index (χ0n) is 12.9. The van der Waals surface area contributed by atoms with E-state index in [0.29, 0.717) is 11.3 Å². The summed E-state index contributed by atoms with van der Waals surface area (Å²) in [6.45, 7) is 1.92. The number of nitro groups is 1. The van der Waals surface area contributed by atoms with E-state index in [2.05, 4.69) is 0 Å². The molecule has 0 heterocycles. The van der Waals surface area contributed by atoms with Gasteiger partial charge in [0.15, 0.2) is 0 Å². The number of methoxy groups -OCH3 is 1. The molecule has 0 spiro atoms. The van der Waals surface area contributed by atoms with Crippen molar-refractivity contribution < 1.29 is 19.6 Å². The molecule has 0 saturated carbocycles. The van der Waals surface area contributed by atoms with E-state index in [1.54, 1.807) is 6.07 Å². The van der Waals surface area contributed by atoms with Crippen molar-refractivity contribution in [3.05, 3.63) is 69.3 Å². The smallest absolute Gasteiger partial charge is 0.311 e. The van der Waals surface area contributed by atoms with Crippen molar-refractivity contribution in [1.82, 2.24) is 0 Å². The molecule has 2 aromatic rings. The minimum atomic E-state index is -0.984. The highest BCUT2D eigenvalue weighted by Crippen LogP contribution is 2.28. The van der Waals surface area contributed by atoms with Crippen LogP contribution in [0.15, 0.2) is 42.5 Å². The number of aliphatic carboxylic acids is 1. The Morgan fingerprint density at radius 1 is 1.26 bits per heavy atom. The first-order valence-corrected chi connectivity index (χ1v) is 7.03. The van der Waals surface area contributed by atoms with Gasteiger partial charge in [-0.25, -0.2) is 0 Å². The molecule has 0 aliphatic carbocycles. The molecule has 6 heteroatoms. The highest BCUT2D eigenvalue weighted by atomic mass is 16.6. The summed E-state index contributed by atoms with van der Waals surface area (Å²) in [6, 6.07) is 11.2. The quantitative estimate of drug-likeness (QED) is 0.652. The molecule has 2 rings (SSSR count). The number of nitro benzene ring substituents is 1. The minimum Gasteiger partial charge on any atom is -0.496 e. The van der Waals surface area contributed by atoms with Crippen molar-refractivity contribution in [3.63, 3.8) is 0 Å². The maximum Gasteiger partial charge on any atom is 0.311 e. The molecule has 0 bridgehead atoms. The Labute approximate surface area is 133 Å². The number of aryl methyl sites for hydroxylation is 1. The number of hydrogen-bond acceptors (Lipinski definition) is 4. The van der Waals surface area contributed by atoms with Gasteiger partial charge in [-0.15, -0.1) is 0 Å². The minimum absolute atomic E-state index is 0.0639. The summed E-state index contributed by atoms with van der Waals surface area (Å²) in [5, 5.41) is 20.2. The fourth-order valence-corrected chi connectivity index (χ4v) is 2.46. The molecule has 23 heavy (non-hydrogen) atoms. The zero-order chi connectivity index (χ0) is 17.0. The Balaban J connectivity index is 2.34. The number of non-ortho nitro benzene ring substituents is 1. The first-order valence-electron chi connectivity index (χ1n) is 7.03. The molecule has 1 N–H and O–H groups in total. The SMILES string of the molecule is COc1ccc(C)cc1CC(C(=O)O)c1ccc([N+](=O)[O-])cc1. The van der Waals surface area contributed by atoms with E-state index in [9.17, 15) is 20.0 Å². The molecular formula is C17H17NO5. The van der Waals surface area contributed by atoms with Crippen molar-refractivity contribution in [2.24, 2.45) is 0 Å². The van der Waals surface area contributed by atoms with E-state index in [0.717, 1.165) is 11.1 Å². The number of ether oxygens (including phenoxy) is 1. The third-order valence-corrected chi connectivity index (χ3v) is 3.66. The van der Waals surface area contributed by atoms with Crippen molar-refractivity contribution in [2.45, 2.75) is 19.3 Å². The van der Waals surface area contributed by atoms with Gasteiger partial charge in [-0.2, -0.15) is 0 Å². The number of hydrogen-bond donors (Lipinski definition) is 1. The lowest BCUT2D eigenvalue weighted by Crippen LogP contribution is -2.15. The van der Waals surface area contributed by atoms with Gasteiger partial charge in [-0.05, 0) is 30.5 Å². The molecule has 0 amide bonds. The van der Waals surface area contributed by atoms with Gasteiger partial charge in [0.05, 0.1) is 18.0 Å². The van der Waals surface area contributed by atoms with Crippen molar-refractivity contribution >= 4 is 11.7 Å². The Hall–Kier alpha value is -2.89. The van der Waals surface area contributed by atoms with Crippen molar-refractivity contribution in [1.29, 1.82) is 0 Å². The Morgan fingerprint density at radius 3 is 2.43 bits per heavy atom. The van der Waals surface area contributed by atoms with E-state index in [4.69, 9.17) is 4.74 Å². The van der Waals surface area contributed by atoms with Crippen LogP contribution in [-0.2, 0) is 11.2 Å². The monoisotopic (exact) mass is 315 g/mol. The summed E-state index contributed by atoms with van der Waals surface area (Å²) in [7, 11) is 1.54. The fourth-order valence-electron chi connectivity index (χ4n) is 2.46. The van der Waals surface area contributed by atoms with E-state index >= 15 is 0 Å².